The second-order valence-corrected chi connectivity index (χ2v) is 6.78. The number of thiophene rings is 1. The van der Waals surface area contributed by atoms with Crippen LogP contribution in [0.15, 0.2) is 41.8 Å². The summed E-state index contributed by atoms with van der Waals surface area (Å²) in [7, 11) is 1.96. The molecule has 0 spiro atoms. The van der Waals surface area contributed by atoms with Crippen molar-refractivity contribution in [3.8, 4) is 0 Å². The Balaban J connectivity index is 1.74. The zero-order chi connectivity index (χ0) is 16.9. The average Bonchev–Trinajstić information content (AvgIpc) is 3.16. The first-order chi connectivity index (χ1) is 11.7. The molecule has 2 aromatic rings. The lowest BCUT2D eigenvalue weighted by molar-refractivity contribution is 0.0708. The Hall–Kier alpha value is -2.18. The molecule has 2 amide bonds. The summed E-state index contributed by atoms with van der Waals surface area (Å²) in [5.41, 5.74) is 1.11. The van der Waals surface area contributed by atoms with Crippen LogP contribution >= 0.6 is 11.3 Å². The minimum Gasteiger partial charge on any atom is -0.338 e. The maximum atomic E-state index is 12.8. The first kappa shape index (κ1) is 16.7. The van der Waals surface area contributed by atoms with Crippen molar-refractivity contribution in [2.24, 2.45) is 0 Å². The van der Waals surface area contributed by atoms with Crippen molar-refractivity contribution >= 4 is 28.8 Å². The highest BCUT2D eigenvalue weighted by Crippen LogP contribution is 2.21. The molecule has 1 aliphatic heterocycles. The van der Waals surface area contributed by atoms with E-state index in [1.165, 1.54) is 11.3 Å². The van der Waals surface area contributed by atoms with Gasteiger partial charge in [-0.1, -0.05) is 18.2 Å². The molecule has 24 heavy (non-hydrogen) atoms. The van der Waals surface area contributed by atoms with Crippen LogP contribution in [-0.4, -0.2) is 42.9 Å². The molecule has 0 radical (unpaired) electrons. The van der Waals surface area contributed by atoms with Crippen molar-refractivity contribution in [1.82, 2.24) is 10.2 Å². The Morgan fingerprint density at radius 2 is 1.88 bits per heavy atom. The number of carbonyl (C=O) groups is 2. The third-order valence-corrected chi connectivity index (χ3v) is 5.21. The molecule has 0 aliphatic carbocycles. The minimum absolute atomic E-state index is 0.0216. The second-order valence-electron chi connectivity index (χ2n) is 5.83. The molecule has 2 N–H and O–H groups in total. The number of amides is 2. The number of rotatable bonds is 4. The van der Waals surface area contributed by atoms with Crippen LogP contribution in [0.25, 0.3) is 0 Å². The van der Waals surface area contributed by atoms with Crippen LogP contribution in [0, 0.1) is 0 Å². The monoisotopic (exact) mass is 343 g/mol. The highest BCUT2D eigenvalue weighted by molar-refractivity contribution is 7.12. The fraction of sp³-hybridized carbons (Fsp3) is 0.333. The Labute approximate surface area is 145 Å². The van der Waals surface area contributed by atoms with Crippen LogP contribution in [0.4, 0.5) is 5.69 Å². The lowest BCUT2D eigenvalue weighted by Gasteiger charge is -2.32. The van der Waals surface area contributed by atoms with Gasteiger partial charge in [0.05, 0.1) is 16.1 Å². The first-order valence-electron chi connectivity index (χ1n) is 8.09. The third-order valence-electron chi connectivity index (χ3n) is 4.34. The highest BCUT2D eigenvalue weighted by atomic mass is 32.1. The van der Waals surface area contributed by atoms with E-state index < -0.39 is 0 Å². The van der Waals surface area contributed by atoms with Crippen LogP contribution in [0.1, 0.15) is 32.9 Å². The fourth-order valence-corrected chi connectivity index (χ4v) is 3.53. The van der Waals surface area contributed by atoms with E-state index in [-0.39, 0.29) is 11.8 Å². The Bertz CT molecular complexity index is 707. The minimum atomic E-state index is -0.181. The molecule has 5 nitrogen and oxygen atoms in total. The Kier molecular flexibility index (Phi) is 5.27. The largest absolute Gasteiger partial charge is 0.338 e. The van der Waals surface area contributed by atoms with Crippen molar-refractivity contribution < 1.29 is 9.59 Å². The SMILES string of the molecule is CNC1CCN(C(=O)c2ccccc2NC(=O)c2cccs2)CC1. The van der Waals surface area contributed by atoms with Gasteiger partial charge in [-0.25, -0.2) is 0 Å². The first-order valence-corrected chi connectivity index (χ1v) is 8.97. The molecule has 0 saturated carbocycles. The van der Waals surface area contributed by atoms with Gasteiger partial charge < -0.3 is 15.5 Å². The number of hydrogen-bond acceptors (Lipinski definition) is 4. The lowest BCUT2D eigenvalue weighted by atomic mass is 10.0. The normalized spacial score (nSPS) is 15.3. The fourth-order valence-electron chi connectivity index (χ4n) is 2.91. The lowest BCUT2D eigenvalue weighted by Crippen LogP contribution is -2.44. The van der Waals surface area contributed by atoms with Gasteiger partial charge in [0, 0.05) is 19.1 Å². The zero-order valence-corrected chi connectivity index (χ0v) is 14.4. The van der Waals surface area contributed by atoms with E-state index >= 15 is 0 Å². The second kappa shape index (κ2) is 7.59. The van der Waals surface area contributed by atoms with E-state index in [2.05, 4.69) is 10.6 Å². The summed E-state index contributed by atoms with van der Waals surface area (Å²) in [5.74, 6) is -0.203. The number of benzene rings is 1. The molecule has 1 aliphatic rings. The van der Waals surface area contributed by atoms with Gasteiger partial charge >= 0.3 is 0 Å². The van der Waals surface area contributed by atoms with E-state index in [1.807, 2.05) is 35.5 Å². The molecule has 0 bridgehead atoms. The van der Waals surface area contributed by atoms with Crippen molar-refractivity contribution in [2.75, 3.05) is 25.5 Å². The predicted octanol–water partition coefficient (Wildman–Crippen LogP) is 2.82. The van der Waals surface area contributed by atoms with Crippen LogP contribution in [0.3, 0.4) is 0 Å². The number of anilines is 1. The van der Waals surface area contributed by atoms with E-state index in [9.17, 15) is 9.59 Å². The Morgan fingerprint density at radius 1 is 1.12 bits per heavy atom. The van der Waals surface area contributed by atoms with Gasteiger partial charge in [-0.3, -0.25) is 9.59 Å². The number of piperidine rings is 1. The van der Waals surface area contributed by atoms with Gasteiger partial charge in [0.1, 0.15) is 0 Å². The molecular formula is C18H21N3O2S. The average molecular weight is 343 g/mol. The molecule has 1 fully saturated rings. The molecule has 1 aromatic carbocycles. The quantitative estimate of drug-likeness (QED) is 0.897. The summed E-state index contributed by atoms with van der Waals surface area (Å²) in [5, 5.41) is 7.99. The number of likely N-dealkylation sites (tertiary alicyclic amines) is 1. The number of hydrogen-bond donors (Lipinski definition) is 2. The van der Waals surface area contributed by atoms with E-state index in [0.29, 0.717) is 22.2 Å². The summed E-state index contributed by atoms with van der Waals surface area (Å²) >= 11 is 1.38. The summed E-state index contributed by atoms with van der Waals surface area (Å²) in [6.07, 6.45) is 1.90. The van der Waals surface area contributed by atoms with Crippen LogP contribution in [0.2, 0.25) is 0 Å². The van der Waals surface area contributed by atoms with Gasteiger partial charge in [-0.2, -0.15) is 0 Å². The van der Waals surface area contributed by atoms with Crippen LogP contribution in [0.5, 0.6) is 0 Å². The van der Waals surface area contributed by atoms with Crippen molar-refractivity contribution in [3.05, 3.63) is 52.2 Å². The molecule has 126 valence electrons. The van der Waals surface area contributed by atoms with Gasteiger partial charge in [0.2, 0.25) is 0 Å². The zero-order valence-electron chi connectivity index (χ0n) is 13.6. The van der Waals surface area contributed by atoms with Crippen molar-refractivity contribution in [1.29, 1.82) is 0 Å². The van der Waals surface area contributed by atoms with Crippen molar-refractivity contribution in [2.45, 2.75) is 18.9 Å². The van der Waals surface area contributed by atoms with E-state index in [4.69, 9.17) is 0 Å². The maximum absolute atomic E-state index is 12.8. The number of nitrogens with one attached hydrogen (secondary N) is 2. The Morgan fingerprint density at radius 3 is 2.54 bits per heavy atom. The van der Waals surface area contributed by atoms with E-state index in [0.717, 1.165) is 25.9 Å². The number of nitrogens with zero attached hydrogens (tertiary/aromatic N) is 1. The number of para-hydroxylation sites is 1. The van der Waals surface area contributed by atoms with E-state index in [1.54, 1.807) is 18.2 Å². The summed E-state index contributed by atoms with van der Waals surface area (Å²) in [6, 6.07) is 11.3. The van der Waals surface area contributed by atoms with Gasteiger partial charge in [0.25, 0.3) is 11.8 Å². The third kappa shape index (κ3) is 3.66. The molecular weight excluding hydrogens is 322 g/mol. The molecule has 1 saturated heterocycles. The van der Waals surface area contributed by atoms with Gasteiger partial charge in [-0.05, 0) is 43.5 Å². The summed E-state index contributed by atoms with van der Waals surface area (Å²) < 4.78 is 0. The summed E-state index contributed by atoms with van der Waals surface area (Å²) in [6.45, 7) is 1.47. The molecule has 0 unspecified atom stereocenters. The smallest absolute Gasteiger partial charge is 0.265 e. The maximum Gasteiger partial charge on any atom is 0.265 e. The van der Waals surface area contributed by atoms with Gasteiger partial charge in [-0.15, -0.1) is 11.3 Å². The molecule has 1 aromatic heterocycles. The number of carbonyl (C=O) groups excluding carboxylic acids is 2. The predicted molar refractivity (Wildman–Crippen MR) is 96.7 cm³/mol. The van der Waals surface area contributed by atoms with Gasteiger partial charge in [0.15, 0.2) is 0 Å². The summed E-state index contributed by atoms with van der Waals surface area (Å²) in [4.78, 5) is 27.6. The topological polar surface area (TPSA) is 61.4 Å². The molecule has 6 heteroatoms. The standard InChI is InChI=1S/C18H21N3O2S/c1-19-13-8-10-21(11-9-13)18(23)14-5-2-3-6-15(14)20-17(22)16-7-4-12-24-16/h2-7,12-13,19H,8-11H2,1H3,(H,20,22). The highest BCUT2D eigenvalue weighted by Gasteiger charge is 2.24. The molecule has 0 atom stereocenters. The molecule has 3 rings (SSSR count). The van der Waals surface area contributed by atoms with Crippen LogP contribution in [-0.2, 0) is 0 Å². The van der Waals surface area contributed by atoms with Crippen LogP contribution < -0.4 is 10.6 Å². The molecule has 2 heterocycles. The van der Waals surface area contributed by atoms with Crippen molar-refractivity contribution in [3.63, 3.8) is 0 Å².